The largest absolute Gasteiger partial charge is 0.480 e. The molecule has 1 atom stereocenters. The Balaban J connectivity index is 2.05. The van der Waals surface area contributed by atoms with Crippen LogP contribution in [0.25, 0.3) is 16.9 Å². The van der Waals surface area contributed by atoms with E-state index in [1.54, 1.807) is 19.1 Å². The van der Waals surface area contributed by atoms with Crippen molar-refractivity contribution >= 4 is 28.9 Å². The number of carboxylic acid groups (broad SMARTS) is 1. The van der Waals surface area contributed by atoms with E-state index in [1.165, 1.54) is 23.1 Å². The summed E-state index contributed by atoms with van der Waals surface area (Å²) in [4.78, 5) is 19.1. The Morgan fingerprint density at radius 2 is 2.05 bits per heavy atom. The minimum Gasteiger partial charge on any atom is -0.480 e. The number of benzene rings is 1. The molecule has 7 nitrogen and oxygen atoms in total. The van der Waals surface area contributed by atoms with Gasteiger partial charge in [0.2, 0.25) is 0 Å². The number of hydrogen-bond acceptors (Lipinski definition) is 6. The van der Waals surface area contributed by atoms with Gasteiger partial charge in [-0.3, -0.25) is 4.79 Å². The highest BCUT2D eigenvalue weighted by Crippen LogP contribution is 2.27. The molecule has 0 aliphatic heterocycles. The van der Waals surface area contributed by atoms with Crippen LogP contribution in [0.3, 0.4) is 0 Å². The molecule has 1 N–H and O–H groups in total. The lowest BCUT2D eigenvalue weighted by Crippen LogP contribution is -2.11. The van der Waals surface area contributed by atoms with Crippen molar-refractivity contribution in [2.45, 2.75) is 17.2 Å². The van der Waals surface area contributed by atoms with Crippen molar-refractivity contribution in [2.24, 2.45) is 0 Å². The quantitative estimate of drug-likeness (QED) is 0.580. The first-order valence-electron chi connectivity index (χ1n) is 6.28. The van der Waals surface area contributed by atoms with Crippen molar-refractivity contribution in [3.8, 4) is 5.69 Å². The Bertz CT molecular complexity index is 836. The van der Waals surface area contributed by atoms with Crippen LogP contribution in [-0.2, 0) is 4.79 Å². The number of aromatic nitrogens is 5. The predicted molar refractivity (Wildman–Crippen MR) is 77.4 cm³/mol. The van der Waals surface area contributed by atoms with Crippen LogP contribution in [-0.4, -0.2) is 41.3 Å². The molecular weight excluding hydrogens is 309 g/mol. The van der Waals surface area contributed by atoms with Gasteiger partial charge >= 0.3 is 5.97 Å². The molecule has 3 aromatic rings. The van der Waals surface area contributed by atoms with E-state index in [1.807, 2.05) is 0 Å². The molecule has 0 radical (unpaired) electrons. The number of carboxylic acids is 1. The topological polar surface area (TPSA) is 93.8 Å². The van der Waals surface area contributed by atoms with Crippen molar-refractivity contribution in [1.82, 2.24) is 25.0 Å². The van der Waals surface area contributed by atoms with Gasteiger partial charge < -0.3 is 5.11 Å². The summed E-state index contributed by atoms with van der Waals surface area (Å²) in [5.41, 5.74) is 1.44. The first kappa shape index (κ1) is 14.4. The molecule has 0 fully saturated rings. The Labute approximate surface area is 128 Å². The van der Waals surface area contributed by atoms with E-state index in [2.05, 4.69) is 20.3 Å². The second kappa shape index (κ2) is 5.68. The first-order valence-corrected chi connectivity index (χ1v) is 7.16. The van der Waals surface area contributed by atoms with Crippen molar-refractivity contribution in [3.63, 3.8) is 0 Å². The number of rotatable bonds is 4. The Morgan fingerprint density at radius 1 is 1.32 bits per heavy atom. The van der Waals surface area contributed by atoms with Gasteiger partial charge in [-0.1, -0.05) is 17.0 Å². The van der Waals surface area contributed by atoms with E-state index in [0.29, 0.717) is 21.9 Å². The number of aliphatic carboxylic acids is 1. The van der Waals surface area contributed by atoms with Crippen LogP contribution in [0.2, 0.25) is 0 Å². The summed E-state index contributed by atoms with van der Waals surface area (Å²) < 4.78 is 14.4. The molecule has 0 aliphatic carbocycles. The molecule has 2 heterocycles. The van der Waals surface area contributed by atoms with Crippen LogP contribution >= 0.6 is 11.8 Å². The van der Waals surface area contributed by atoms with Gasteiger partial charge in [0.05, 0.1) is 5.69 Å². The molecular formula is C13H10FN5O2S. The lowest BCUT2D eigenvalue weighted by atomic mass is 10.3. The van der Waals surface area contributed by atoms with E-state index in [0.717, 1.165) is 11.8 Å². The molecule has 0 amide bonds. The highest BCUT2D eigenvalue weighted by molar-refractivity contribution is 8.00. The van der Waals surface area contributed by atoms with Crippen molar-refractivity contribution in [3.05, 3.63) is 36.4 Å². The smallest absolute Gasteiger partial charge is 0.316 e. The summed E-state index contributed by atoms with van der Waals surface area (Å²) in [6.45, 7) is 1.56. The van der Waals surface area contributed by atoms with Gasteiger partial charge in [0.15, 0.2) is 11.2 Å². The van der Waals surface area contributed by atoms with Crippen LogP contribution in [0, 0.1) is 5.82 Å². The molecule has 0 saturated carbocycles. The minimum atomic E-state index is -0.942. The molecule has 9 heteroatoms. The zero-order chi connectivity index (χ0) is 15.7. The predicted octanol–water partition coefficient (Wildman–Crippen LogP) is 1.91. The molecule has 0 aliphatic rings. The maximum absolute atomic E-state index is 13.0. The van der Waals surface area contributed by atoms with E-state index >= 15 is 0 Å². The third-order valence-electron chi connectivity index (χ3n) is 2.91. The Morgan fingerprint density at radius 3 is 2.73 bits per heavy atom. The summed E-state index contributed by atoms with van der Waals surface area (Å²) >= 11 is 1.07. The number of carbonyl (C=O) groups is 1. The molecule has 0 saturated heterocycles. The fourth-order valence-corrected chi connectivity index (χ4v) is 2.58. The van der Waals surface area contributed by atoms with Crippen molar-refractivity contribution in [1.29, 1.82) is 0 Å². The van der Waals surface area contributed by atoms with Crippen LogP contribution in [0.1, 0.15) is 6.92 Å². The lowest BCUT2D eigenvalue weighted by molar-refractivity contribution is -0.136. The number of nitrogens with zero attached hydrogens (tertiary/aromatic N) is 5. The number of halogens is 1. The standard InChI is InChI=1S/C13H10FN5O2S/c1-7(13(20)21)22-12-10-11(15-6-16-12)19(18-17-10)9-4-2-8(14)3-5-9/h2-7H,1H3,(H,20,21). The maximum atomic E-state index is 13.0. The fraction of sp³-hybridized carbons (Fsp3) is 0.154. The van der Waals surface area contributed by atoms with Crippen molar-refractivity contribution in [2.75, 3.05) is 0 Å². The monoisotopic (exact) mass is 319 g/mol. The van der Waals surface area contributed by atoms with Crippen LogP contribution in [0.4, 0.5) is 4.39 Å². The summed E-state index contributed by atoms with van der Waals surface area (Å²) in [7, 11) is 0. The minimum absolute atomic E-state index is 0.352. The summed E-state index contributed by atoms with van der Waals surface area (Å²) in [6, 6.07) is 5.73. The third kappa shape index (κ3) is 2.62. The molecule has 3 rings (SSSR count). The molecule has 112 valence electrons. The van der Waals surface area contributed by atoms with Gasteiger partial charge in [0.25, 0.3) is 0 Å². The molecule has 0 spiro atoms. The number of thioether (sulfide) groups is 1. The van der Waals surface area contributed by atoms with E-state index in [9.17, 15) is 9.18 Å². The lowest BCUT2D eigenvalue weighted by Gasteiger charge is -2.05. The number of fused-ring (bicyclic) bond motifs is 1. The van der Waals surface area contributed by atoms with E-state index in [4.69, 9.17) is 5.11 Å². The van der Waals surface area contributed by atoms with Gasteiger partial charge in [-0.15, -0.1) is 5.10 Å². The first-order chi connectivity index (χ1) is 10.6. The molecule has 2 aromatic heterocycles. The fourth-order valence-electron chi connectivity index (χ4n) is 1.79. The van der Waals surface area contributed by atoms with Crippen LogP contribution in [0.15, 0.2) is 35.6 Å². The Kier molecular flexibility index (Phi) is 3.72. The maximum Gasteiger partial charge on any atom is 0.316 e. The number of hydrogen-bond donors (Lipinski definition) is 1. The average molecular weight is 319 g/mol. The van der Waals surface area contributed by atoms with E-state index in [-0.39, 0.29) is 5.82 Å². The van der Waals surface area contributed by atoms with Gasteiger partial charge in [-0.2, -0.15) is 4.68 Å². The van der Waals surface area contributed by atoms with Crippen molar-refractivity contribution < 1.29 is 14.3 Å². The summed E-state index contributed by atoms with van der Waals surface area (Å²) in [5.74, 6) is -1.29. The normalized spacial score (nSPS) is 12.5. The van der Waals surface area contributed by atoms with Crippen LogP contribution in [0.5, 0.6) is 0 Å². The SMILES string of the molecule is CC(Sc1ncnc2c1nnn2-c1ccc(F)cc1)C(=O)O. The zero-order valence-corrected chi connectivity index (χ0v) is 12.2. The Hall–Kier alpha value is -2.55. The van der Waals surface area contributed by atoms with Gasteiger partial charge in [-0.05, 0) is 31.2 Å². The molecule has 1 aromatic carbocycles. The molecule has 1 unspecified atom stereocenters. The average Bonchev–Trinajstić information content (AvgIpc) is 2.93. The van der Waals surface area contributed by atoms with E-state index < -0.39 is 11.2 Å². The highest BCUT2D eigenvalue weighted by atomic mass is 32.2. The second-order valence-electron chi connectivity index (χ2n) is 4.43. The molecule has 22 heavy (non-hydrogen) atoms. The second-order valence-corrected chi connectivity index (χ2v) is 5.76. The van der Waals surface area contributed by atoms with Gasteiger partial charge in [0, 0.05) is 0 Å². The van der Waals surface area contributed by atoms with Gasteiger partial charge in [0.1, 0.15) is 22.4 Å². The molecule has 0 bridgehead atoms. The highest BCUT2D eigenvalue weighted by Gasteiger charge is 2.19. The van der Waals surface area contributed by atoms with Crippen LogP contribution < -0.4 is 0 Å². The summed E-state index contributed by atoms with van der Waals surface area (Å²) in [6.07, 6.45) is 1.32. The summed E-state index contributed by atoms with van der Waals surface area (Å²) in [5, 5.41) is 16.7. The zero-order valence-electron chi connectivity index (χ0n) is 11.3. The van der Waals surface area contributed by atoms with Gasteiger partial charge in [-0.25, -0.2) is 14.4 Å². The third-order valence-corrected chi connectivity index (χ3v) is 3.99.